The lowest BCUT2D eigenvalue weighted by Crippen LogP contribution is -2.36. The van der Waals surface area contributed by atoms with Crippen LogP contribution < -0.4 is 5.32 Å². The number of amides is 1. The van der Waals surface area contributed by atoms with Crippen molar-refractivity contribution in [2.75, 3.05) is 24.7 Å². The smallest absolute Gasteiger partial charge is 0.238 e. The summed E-state index contributed by atoms with van der Waals surface area (Å²) in [6.45, 7) is 2.31. The molecule has 0 unspecified atom stereocenters. The highest BCUT2D eigenvalue weighted by Crippen LogP contribution is 2.24. The third-order valence-electron chi connectivity index (χ3n) is 3.63. The average Bonchev–Trinajstić information content (AvgIpc) is 2.95. The quantitative estimate of drug-likeness (QED) is 0.876. The number of nitrogens with one attached hydrogen (secondary N) is 1. The Morgan fingerprint density at radius 2 is 2.14 bits per heavy atom. The molecule has 0 fully saturated rings. The number of hydrogen-bond donors (Lipinski definition) is 1. The van der Waals surface area contributed by atoms with Crippen molar-refractivity contribution in [1.29, 1.82) is 0 Å². The Bertz CT molecular complexity index is 621. The third kappa shape index (κ3) is 3.67. The van der Waals surface area contributed by atoms with E-state index in [9.17, 15) is 4.79 Å². The molecule has 0 aliphatic carbocycles. The summed E-state index contributed by atoms with van der Waals surface area (Å²) in [5.41, 5.74) is 2.24. The zero-order valence-electron chi connectivity index (χ0n) is 12.0. The van der Waals surface area contributed by atoms with Crippen molar-refractivity contribution >= 4 is 34.7 Å². The molecule has 0 atom stereocenters. The summed E-state index contributed by atoms with van der Waals surface area (Å²) in [4.78, 5) is 17.0. The maximum atomic E-state index is 12.1. The van der Waals surface area contributed by atoms with Crippen molar-refractivity contribution in [2.24, 2.45) is 0 Å². The number of benzene rings is 1. The van der Waals surface area contributed by atoms with Gasteiger partial charge >= 0.3 is 0 Å². The first kappa shape index (κ1) is 14.6. The maximum Gasteiger partial charge on any atom is 0.238 e. The summed E-state index contributed by atoms with van der Waals surface area (Å²) in [5.74, 6) is 0.0607. The Morgan fingerprint density at radius 3 is 2.90 bits per heavy atom. The number of thioether (sulfide) groups is 1. The fourth-order valence-electron chi connectivity index (χ4n) is 2.52. The molecule has 3 nitrogen and oxygen atoms in total. The van der Waals surface area contributed by atoms with E-state index in [1.54, 1.807) is 11.8 Å². The van der Waals surface area contributed by atoms with E-state index >= 15 is 0 Å². The fourth-order valence-corrected chi connectivity index (χ4v) is 3.82. The molecule has 2 aromatic rings. The lowest BCUT2D eigenvalue weighted by atomic mass is 10.1. The first-order valence-electron chi connectivity index (χ1n) is 6.96. The summed E-state index contributed by atoms with van der Waals surface area (Å²) < 4.78 is 0. The van der Waals surface area contributed by atoms with E-state index in [-0.39, 0.29) is 5.91 Å². The maximum absolute atomic E-state index is 12.1. The van der Waals surface area contributed by atoms with Crippen LogP contribution in [0.15, 0.2) is 40.6 Å². The molecule has 2 heterocycles. The summed E-state index contributed by atoms with van der Waals surface area (Å²) in [6.07, 6.45) is 3.10. The summed E-state index contributed by atoms with van der Waals surface area (Å²) >= 11 is 3.52. The van der Waals surface area contributed by atoms with Crippen LogP contribution in [-0.4, -0.2) is 30.2 Å². The Morgan fingerprint density at radius 1 is 1.33 bits per heavy atom. The van der Waals surface area contributed by atoms with Crippen LogP contribution in [0.4, 0.5) is 5.69 Å². The van der Waals surface area contributed by atoms with Gasteiger partial charge in [-0.15, -0.1) is 23.1 Å². The Kier molecular flexibility index (Phi) is 4.63. The van der Waals surface area contributed by atoms with Crippen molar-refractivity contribution in [3.8, 4) is 0 Å². The molecule has 1 N–H and O–H groups in total. The summed E-state index contributed by atoms with van der Waals surface area (Å²) in [7, 11) is 0. The normalized spacial score (nSPS) is 14.7. The molecule has 110 valence electrons. The molecule has 1 aromatic heterocycles. The van der Waals surface area contributed by atoms with Gasteiger partial charge in [-0.25, -0.2) is 0 Å². The summed E-state index contributed by atoms with van der Waals surface area (Å²) in [6, 6.07) is 10.1. The number of anilines is 1. The SMILES string of the molecule is CSc1ccc(NC(=O)CN2CCc3sccc3C2)cc1. The molecule has 21 heavy (non-hydrogen) atoms. The second-order valence-electron chi connectivity index (χ2n) is 5.11. The second kappa shape index (κ2) is 6.64. The lowest BCUT2D eigenvalue weighted by molar-refractivity contribution is -0.117. The van der Waals surface area contributed by atoms with Crippen LogP contribution >= 0.6 is 23.1 Å². The number of carbonyl (C=O) groups is 1. The Labute approximate surface area is 133 Å². The van der Waals surface area contributed by atoms with Crippen molar-refractivity contribution < 1.29 is 4.79 Å². The molecule has 1 amide bonds. The van der Waals surface area contributed by atoms with Gasteiger partial charge in [0.1, 0.15) is 0 Å². The lowest BCUT2D eigenvalue weighted by Gasteiger charge is -2.26. The van der Waals surface area contributed by atoms with Crippen LogP contribution in [-0.2, 0) is 17.8 Å². The van der Waals surface area contributed by atoms with Crippen LogP contribution in [0.2, 0.25) is 0 Å². The topological polar surface area (TPSA) is 32.3 Å². The molecule has 3 rings (SSSR count). The number of carbonyl (C=O) groups excluding carboxylic acids is 1. The molecule has 0 spiro atoms. The van der Waals surface area contributed by atoms with E-state index in [0.717, 1.165) is 25.2 Å². The molecule has 0 saturated carbocycles. The van der Waals surface area contributed by atoms with Crippen molar-refractivity contribution in [3.63, 3.8) is 0 Å². The van der Waals surface area contributed by atoms with Crippen molar-refractivity contribution in [1.82, 2.24) is 4.90 Å². The third-order valence-corrected chi connectivity index (χ3v) is 5.39. The fraction of sp³-hybridized carbons (Fsp3) is 0.312. The molecule has 1 aromatic carbocycles. The zero-order chi connectivity index (χ0) is 14.7. The van der Waals surface area contributed by atoms with Gasteiger partial charge in [-0.2, -0.15) is 0 Å². The Balaban J connectivity index is 1.54. The Hall–Kier alpha value is -1.30. The van der Waals surface area contributed by atoms with Crippen LogP contribution in [0.1, 0.15) is 10.4 Å². The zero-order valence-corrected chi connectivity index (χ0v) is 13.6. The first-order valence-corrected chi connectivity index (χ1v) is 9.06. The minimum atomic E-state index is 0.0607. The molecule has 0 saturated heterocycles. The van der Waals surface area contributed by atoms with E-state index < -0.39 is 0 Å². The summed E-state index contributed by atoms with van der Waals surface area (Å²) in [5, 5.41) is 5.11. The van der Waals surface area contributed by atoms with E-state index in [2.05, 4.69) is 21.7 Å². The molecule has 0 radical (unpaired) electrons. The molecule has 5 heteroatoms. The van der Waals surface area contributed by atoms with E-state index in [0.29, 0.717) is 6.54 Å². The largest absolute Gasteiger partial charge is 0.325 e. The number of thiophene rings is 1. The molecular weight excluding hydrogens is 300 g/mol. The molecule has 0 bridgehead atoms. The van der Waals surface area contributed by atoms with Gasteiger partial charge in [-0.3, -0.25) is 9.69 Å². The van der Waals surface area contributed by atoms with Crippen LogP contribution in [0, 0.1) is 0 Å². The minimum Gasteiger partial charge on any atom is -0.325 e. The number of rotatable bonds is 4. The number of fused-ring (bicyclic) bond motifs is 1. The predicted molar refractivity (Wildman–Crippen MR) is 90.2 cm³/mol. The van der Waals surface area contributed by atoms with Crippen LogP contribution in [0.5, 0.6) is 0 Å². The highest BCUT2D eigenvalue weighted by molar-refractivity contribution is 7.98. The second-order valence-corrected chi connectivity index (χ2v) is 6.99. The van der Waals surface area contributed by atoms with Gasteiger partial charge < -0.3 is 5.32 Å². The molecule has 1 aliphatic heterocycles. The van der Waals surface area contributed by atoms with E-state index in [1.165, 1.54) is 15.3 Å². The highest BCUT2D eigenvalue weighted by atomic mass is 32.2. The average molecular weight is 318 g/mol. The van der Waals surface area contributed by atoms with Gasteiger partial charge in [0.2, 0.25) is 5.91 Å². The van der Waals surface area contributed by atoms with Crippen LogP contribution in [0.25, 0.3) is 0 Å². The van der Waals surface area contributed by atoms with Crippen LogP contribution in [0.3, 0.4) is 0 Å². The van der Waals surface area contributed by atoms with E-state index in [4.69, 9.17) is 0 Å². The molecule has 1 aliphatic rings. The first-order chi connectivity index (χ1) is 10.2. The monoisotopic (exact) mass is 318 g/mol. The standard InChI is InChI=1S/C16H18N2OS2/c1-20-14-4-2-13(3-5-14)17-16(19)11-18-8-6-15-12(10-18)7-9-21-15/h2-5,7,9H,6,8,10-11H2,1H3,(H,17,19). The van der Waals surface area contributed by atoms with Gasteiger partial charge in [0.15, 0.2) is 0 Å². The van der Waals surface area contributed by atoms with Gasteiger partial charge in [-0.05, 0) is 54.0 Å². The highest BCUT2D eigenvalue weighted by Gasteiger charge is 2.19. The van der Waals surface area contributed by atoms with Crippen molar-refractivity contribution in [2.45, 2.75) is 17.9 Å². The van der Waals surface area contributed by atoms with Crippen molar-refractivity contribution in [3.05, 3.63) is 46.2 Å². The number of hydrogen-bond acceptors (Lipinski definition) is 4. The molecular formula is C16H18N2OS2. The van der Waals surface area contributed by atoms with Gasteiger partial charge in [0, 0.05) is 28.5 Å². The number of nitrogens with zero attached hydrogens (tertiary/aromatic N) is 1. The van der Waals surface area contributed by atoms with Gasteiger partial charge in [0.25, 0.3) is 0 Å². The van der Waals surface area contributed by atoms with Gasteiger partial charge in [-0.1, -0.05) is 0 Å². The predicted octanol–water partition coefficient (Wildman–Crippen LogP) is 3.47. The van der Waals surface area contributed by atoms with E-state index in [1.807, 2.05) is 41.9 Å². The minimum absolute atomic E-state index is 0.0607. The van der Waals surface area contributed by atoms with Gasteiger partial charge in [0.05, 0.1) is 6.54 Å².